The molecule has 0 aliphatic heterocycles. The molecule has 14 heavy (non-hydrogen) atoms. The van der Waals surface area contributed by atoms with E-state index in [2.05, 4.69) is 19.2 Å². The number of nitrogens with one attached hydrogen (secondary N) is 1. The molecule has 1 aliphatic rings. The van der Waals surface area contributed by atoms with Crippen molar-refractivity contribution in [2.24, 2.45) is 5.92 Å². The molecule has 3 unspecified atom stereocenters. The maximum atomic E-state index is 8.95. The Morgan fingerprint density at radius 2 is 2.29 bits per heavy atom. The summed E-state index contributed by atoms with van der Waals surface area (Å²) in [6.45, 7) is 5.70. The van der Waals surface area contributed by atoms with Gasteiger partial charge in [-0.2, -0.15) is 11.8 Å². The van der Waals surface area contributed by atoms with Crippen LogP contribution in [0.3, 0.4) is 0 Å². The molecule has 2 nitrogen and oxygen atoms in total. The molecule has 1 saturated carbocycles. The first-order valence-corrected chi connectivity index (χ1v) is 6.78. The van der Waals surface area contributed by atoms with E-state index in [9.17, 15) is 0 Å². The van der Waals surface area contributed by atoms with Crippen LogP contribution in [0.15, 0.2) is 0 Å². The van der Waals surface area contributed by atoms with E-state index in [1.807, 2.05) is 11.8 Å². The van der Waals surface area contributed by atoms with Gasteiger partial charge in [0.1, 0.15) is 0 Å². The molecule has 2 N–H and O–H groups in total. The molecule has 3 atom stereocenters. The Labute approximate surface area is 91.9 Å². The lowest BCUT2D eigenvalue weighted by Gasteiger charge is -2.21. The minimum Gasteiger partial charge on any atom is -0.396 e. The van der Waals surface area contributed by atoms with Crippen molar-refractivity contribution in [2.45, 2.75) is 44.4 Å². The lowest BCUT2D eigenvalue weighted by Crippen LogP contribution is -2.34. The molecule has 84 valence electrons. The number of aliphatic hydroxyl groups excluding tert-OH is 1. The predicted octanol–water partition coefficient (Wildman–Crippen LogP) is 1.88. The fraction of sp³-hybridized carbons (Fsp3) is 1.00. The van der Waals surface area contributed by atoms with E-state index < -0.39 is 0 Å². The van der Waals surface area contributed by atoms with E-state index in [1.165, 1.54) is 19.3 Å². The van der Waals surface area contributed by atoms with Gasteiger partial charge in [-0.1, -0.05) is 20.3 Å². The van der Waals surface area contributed by atoms with E-state index in [4.69, 9.17) is 5.11 Å². The van der Waals surface area contributed by atoms with E-state index in [0.29, 0.717) is 12.5 Å². The first kappa shape index (κ1) is 12.3. The molecular weight excluding hydrogens is 194 g/mol. The highest BCUT2D eigenvalue weighted by molar-refractivity contribution is 7.99. The Balaban J connectivity index is 2.21. The van der Waals surface area contributed by atoms with Crippen LogP contribution in [0.4, 0.5) is 0 Å². The fourth-order valence-electron chi connectivity index (χ4n) is 1.96. The van der Waals surface area contributed by atoms with Gasteiger partial charge < -0.3 is 10.4 Å². The van der Waals surface area contributed by atoms with Gasteiger partial charge in [-0.3, -0.25) is 0 Å². The fourth-order valence-corrected chi connectivity index (χ4v) is 3.44. The van der Waals surface area contributed by atoms with Crippen molar-refractivity contribution in [3.63, 3.8) is 0 Å². The van der Waals surface area contributed by atoms with Crippen LogP contribution in [-0.4, -0.2) is 35.3 Å². The quantitative estimate of drug-likeness (QED) is 0.712. The molecule has 1 rings (SSSR count). The molecule has 0 bridgehead atoms. The summed E-state index contributed by atoms with van der Waals surface area (Å²) >= 11 is 2.04. The highest BCUT2D eigenvalue weighted by atomic mass is 32.2. The molecule has 0 aromatic rings. The molecule has 1 fully saturated rings. The third kappa shape index (κ3) is 3.79. The molecule has 3 heteroatoms. The molecule has 0 saturated heterocycles. The van der Waals surface area contributed by atoms with Crippen LogP contribution in [-0.2, 0) is 0 Å². The van der Waals surface area contributed by atoms with E-state index in [0.717, 1.165) is 23.6 Å². The summed E-state index contributed by atoms with van der Waals surface area (Å²) in [5, 5.41) is 13.3. The van der Waals surface area contributed by atoms with Crippen LogP contribution in [0.2, 0.25) is 0 Å². The molecule has 0 heterocycles. The van der Waals surface area contributed by atoms with Crippen LogP contribution >= 0.6 is 11.8 Å². The Hall–Kier alpha value is 0.270. The van der Waals surface area contributed by atoms with Crippen molar-refractivity contribution >= 4 is 11.8 Å². The molecule has 0 radical (unpaired) electrons. The zero-order valence-electron chi connectivity index (χ0n) is 9.33. The standard InChI is InChI=1S/C11H23NOS/c1-3-12-10-5-4-6-11(10)14-8-9(2)7-13/h9-13H,3-8H2,1-2H3. The first-order valence-electron chi connectivity index (χ1n) is 5.73. The van der Waals surface area contributed by atoms with Crippen LogP contribution < -0.4 is 5.32 Å². The van der Waals surface area contributed by atoms with Gasteiger partial charge in [0.05, 0.1) is 0 Å². The second-order valence-corrected chi connectivity index (χ2v) is 5.53. The minimum absolute atomic E-state index is 0.325. The third-order valence-electron chi connectivity index (χ3n) is 2.83. The Kier molecular flexibility index (Phi) is 5.90. The number of aliphatic hydroxyl groups is 1. The SMILES string of the molecule is CCNC1CCCC1SCC(C)CO. The molecule has 0 aromatic heterocycles. The van der Waals surface area contributed by atoms with Crippen molar-refractivity contribution in [3.8, 4) is 0 Å². The molecule has 0 amide bonds. The number of hydrogen-bond donors (Lipinski definition) is 2. The van der Waals surface area contributed by atoms with Gasteiger partial charge in [0.2, 0.25) is 0 Å². The maximum absolute atomic E-state index is 8.95. The Morgan fingerprint density at radius 1 is 1.50 bits per heavy atom. The normalized spacial score (nSPS) is 29.4. The first-order chi connectivity index (χ1) is 6.77. The largest absolute Gasteiger partial charge is 0.396 e. The van der Waals surface area contributed by atoms with E-state index >= 15 is 0 Å². The highest BCUT2D eigenvalue weighted by Crippen LogP contribution is 2.31. The molecule has 0 spiro atoms. The summed E-state index contributed by atoms with van der Waals surface area (Å²) in [4.78, 5) is 0. The third-order valence-corrected chi connectivity index (χ3v) is 4.58. The average Bonchev–Trinajstić information content (AvgIpc) is 2.62. The number of thioether (sulfide) groups is 1. The van der Waals surface area contributed by atoms with Gasteiger partial charge in [-0.05, 0) is 31.1 Å². The van der Waals surface area contributed by atoms with Gasteiger partial charge in [-0.25, -0.2) is 0 Å². The zero-order valence-corrected chi connectivity index (χ0v) is 10.1. The van der Waals surface area contributed by atoms with Crippen molar-refractivity contribution in [1.29, 1.82) is 0 Å². The molecule has 1 aliphatic carbocycles. The molecule has 0 aromatic carbocycles. The van der Waals surface area contributed by atoms with Crippen LogP contribution in [0.25, 0.3) is 0 Å². The van der Waals surface area contributed by atoms with Gasteiger partial charge in [-0.15, -0.1) is 0 Å². The summed E-state index contributed by atoms with van der Waals surface area (Å²) in [5.41, 5.74) is 0. The van der Waals surface area contributed by atoms with Crippen LogP contribution in [0.5, 0.6) is 0 Å². The summed E-state index contributed by atoms with van der Waals surface area (Å²) in [5.74, 6) is 1.55. The topological polar surface area (TPSA) is 32.3 Å². The molecular formula is C11H23NOS. The zero-order chi connectivity index (χ0) is 10.4. The van der Waals surface area contributed by atoms with Gasteiger partial charge in [0, 0.05) is 17.9 Å². The van der Waals surface area contributed by atoms with E-state index in [-0.39, 0.29) is 0 Å². The Morgan fingerprint density at radius 3 is 2.93 bits per heavy atom. The van der Waals surface area contributed by atoms with Crippen LogP contribution in [0.1, 0.15) is 33.1 Å². The number of rotatable bonds is 6. The Bertz CT molecular complexity index is 154. The number of hydrogen-bond acceptors (Lipinski definition) is 3. The monoisotopic (exact) mass is 217 g/mol. The average molecular weight is 217 g/mol. The summed E-state index contributed by atoms with van der Waals surface area (Å²) in [6, 6.07) is 0.718. The summed E-state index contributed by atoms with van der Waals surface area (Å²) < 4.78 is 0. The smallest absolute Gasteiger partial charge is 0.0464 e. The van der Waals surface area contributed by atoms with Crippen molar-refractivity contribution in [1.82, 2.24) is 5.32 Å². The maximum Gasteiger partial charge on any atom is 0.0464 e. The van der Waals surface area contributed by atoms with Gasteiger partial charge in [0.25, 0.3) is 0 Å². The van der Waals surface area contributed by atoms with Crippen LogP contribution in [0, 0.1) is 5.92 Å². The second-order valence-electron chi connectivity index (χ2n) is 4.25. The highest BCUT2D eigenvalue weighted by Gasteiger charge is 2.26. The van der Waals surface area contributed by atoms with Crippen molar-refractivity contribution in [3.05, 3.63) is 0 Å². The lowest BCUT2D eigenvalue weighted by atomic mass is 10.2. The lowest BCUT2D eigenvalue weighted by molar-refractivity contribution is 0.250. The van der Waals surface area contributed by atoms with Crippen molar-refractivity contribution in [2.75, 3.05) is 18.9 Å². The predicted molar refractivity (Wildman–Crippen MR) is 63.8 cm³/mol. The second kappa shape index (κ2) is 6.70. The minimum atomic E-state index is 0.325. The summed E-state index contributed by atoms with van der Waals surface area (Å²) in [7, 11) is 0. The van der Waals surface area contributed by atoms with Gasteiger partial charge >= 0.3 is 0 Å². The summed E-state index contributed by atoms with van der Waals surface area (Å²) in [6.07, 6.45) is 4.04. The van der Waals surface area contributed by atoms with Gasteiger partial charge in [0.15, 0.2) is 0 Å². The van der Waals surface area contributed by atoms with E-state index in [1.54, 1.807) is 0 Å². The van der Waals surface area contributed by atoms with Crippen molar-refractivity contribution < 1.29 is 5.11 Å².